The van der Waals surface area contributed by atoms with Gasteiger partial charge in [0, 0.05) is 34.9 Å². The van der Waals surface area contributed by atoms with Crippen molar-refractivity contribution in [1.82, 2.24) is 4.98 Å². The summed E-state index contributed by atoms with van der Waals surface area (Å²) in [5, 5.41) is 0.842. The Morgan fingerprint density at radius 1 is 1.13 bits per heavy atom. The van der Waals surface area contributed by atoms with E-state index in [1.54, 1.807) is 18.0 Å². The number of carbonyl (C=O) groups excluding carboxylic acids is 2. The van der Waals surface area contributed by atoms with Crippen molar-refractivity contribution < 1.29 is 19.1 Å². The van der Waals surface area contributed by atoms with Crippen LogP contribution < -0.4 is 15.4 Å². The molecule has 5 rings (SSSR count). The predicted octanol–water partition coefficient (Wildman–Crippen LogP) is 3.01. The number of amides is 1. The summed E-state index contributed by atoms with van der Waals surface area (Å²) in [5.41, 5.74) is 7.38. The average molecular weight is 415 g/mol. The quantitative estimate of drug-likeness (QED) is 0.661. The molecule has 7 heteroatoms. The second-order valence-corrected chi connectivity index (χ2v) is 7.40. The lowest BCUT2D eigenvalue weighted by Gasteiger charge is -2.36. The summed E-state index contributed by atoms with van der Waals surface area (Å²) < 4.78 is 11.3. The highest BCUT2D eigenvalue weighted by atomic mass is 16.5. The standard InChI is InChI=1S/C24H21N3O4/c1-3-27-17-10-6-5-9-15(17)24(23(27)29)16-12-11-14-8-7-13-26-19(14)20(16)31-21(25)18(24)22(28)30-4-2/h5-13H,3-4,25H2,1-2H3/t24-/m0/s1. The number of likely N-dealkylation sites (N-methyl/N-ethyl adjacent to an activating group) is 1. The largest absolute Gasteiger partial charge is 0.462 e. The number of rotatable bonds is 3. The van der Waals surface area contributed by atoms with E-state index >= 15 is 0 Å². The highest BCUT2D eigenvalue weighted by Gasteiger charge is 2.61. The zero-order valence-corrected chi connectivity index (χ0v) is 17.2. The number of benzene rings is 2. The van der Waals surface area contributed by atoms with Gasteiger partial charge < -0.3 is 20.1 Å². The molecule has 1 spiro atoms. The van der Waals surface area contributed by atoms with E-state index in [4.69, 9.17) is 15.2 Å². The molecule has 0 bridgehead atoms. The molecule has 0 saturated heterocycles. The second-order valence-electron chi connectivity index (χ2n) is 7.40. The van der Waals surface area contributed by atoms with E-state index in [0.29, 0.717) is 28.9 Å². The first kappa shape index (κ1) is 19.1. The molecule has 2 aliphatic heterocycles. The predicted molar refractivity (Wildman–Crippen MR) is 115 cm³/mol. The van der Waals surface area contributed by atoms with Gasteiger partial charge in [0.2, 0.25) is 11.8 Å². The van der Waals surface area contributed by atoms with E-state index in [1.165, 1.54) is 0 Å². The number of pyridine rings is 1. The number of nitrogens with two attached hydrogens (primary N) is 1. The van der Waals surface area contributed by atoms with Crippen molar-refractivity contribution in [2.45, 2.75) is 19.3 Å². The molecule has 2 aliphatic rings. The molecular weight excluding hydrogens is 394 g/mol. The minimum Gasteiger partial charge on any atom is -0.462 e. The molecule has 0 radical (unpaired) electrons. The molecule has 0 saturated carbocycles. The maximum Gasteiger partial charge on any atom is 0.341 e. The summed E-state index contributed by atoms with van der Waals surface area (Å²) in [7, 11) is 0. The number of anilines is 1. The van der Waals surface area contributed by atoms with Crippen molar-refractivity contribution in [2.24, 2.45) is 5.73 Å². The van der Waals surface area contributed by atoms with E-state index in [0.717, 1.165) is 11.1 Å². The van der Waals surface area contributed by atoms with Crippen molar-refractivity contribution in [3.8, 4) is 5.75 Å². The molecule has 7 nitrogen and oxygen atoms in total. The number of aromatic nitrogens is 1. The Hall–Kier alpha value is -3.87. The number of nitrogens with zero attached hydrogens (tertiary/aromatic N) is 2. The van der Waals surface area contributed by atoms with E-state index in [2.05, 4.69) is 4.98 Å². The van der Waals surface area contributed by atoms with Crippen LogP contribution in [0.25, 0.3) is 10.9 Å². The lowest BCUT2D eigenvalue weighted by atomic mass is 9.68. The number of esters is 1. The normalized spacial score (nSPS) is 19.4. The van der Waals surface area contributed by atoms with Crippen LogP contribution in [0, 0.1) is 0 Å². The summed E-state index contributed by atoms with van der Waals surface area (Å²) in [6.45, 7) is 4.19. The number of ether oxygens (including phenoxy) is 2. The number of fused-ring (bicyclic) bond motifs is 6. The Labute approximate surface area is 179 Å². The first-order chi connectivity index (χ1) is 15.1. The summed E-state index contributed by atoms with van der Waals surface area (Å²) in [6, 6.07) is 14.9. The Bertz CT molecular complexity index is 1280. The van der Waals surface area contributed by atoms with Crippen LogP contribution in [-0.4, -0.2) is 30.0 Å². The lowest BCUT2D eigenvalue weighted by Crippen LogP contribution is -2.48. The first-order valence-corrected chi connectivity index (χ1v) is 10.2. The maximum absolute atomic E-state index is 14.1. The first-order valence-electron chi connectivity index (χ1n) is 10.2. The molecule has 0 fully saturated rings. The molecule has 2 N–H and O–H groups in total. The molecule has 3 aromatic rings. The van der Waals surface area contributed by atoms with Crippen LogP contribution in [0.1, 0.15) is 25.0 Å². The third-order valence-electron chi connectivity index (χ3n) is 5.93. The van der Waals surface area contributed by atoms with Gasteiger partial charge in [-0.05, 0) is 26.0 Å². The van der Waals surface area contributed by atoms with E-state index in [-0.39, 0.29) is 24.0 Å². The third kappa shape index (κ3) is 2.37. The topological polar surface area (TPSA) is 94.7 Å². The third-order valence-corrected chi connectivity index (χ3v) is 5.93. The molecular formula is C24H21N3O4. The van der Waals surface area contributed by atoms with Crippen LogP contribution in [0.15, 0.2) is 66.2 Å². The maximum atomic E-state index is 14.1. The second kappa shape index (κ2) is 6.84. The number of carbonyl (C=O) groups is 2. The smallest absolute Gasteiger partial charge is 0.341 e. The van der Waals surface area contributed by atoms with Crippen molar-refractivity contribution >= 4 is 28.5 Å². The summed E-state index contributed by atoms with van der Waals surface area (Å²) in [6.07, 6.45) is 1.65. The monoisotopic (exact) mass is 415 g/mol. The molecule has 2 aromatic carbocycles. The summed E-state index contributed by atoms with van der Waals surface area (Å²) in [5.74, 6) is -0.704. The van der Waals surface area contributed by atoms with Gasteiger partial charge in [0.25, 0.3) is 0 Å². The molecule has 31 heavy (non-hydrogen) atoms. The van der Waals surface area contributed by atoms with Crippen LogP contribution in [0.4, 0.5) is 5.69 Å². The van der Waals surface area contributed by atoms with Gasteiger partial charge in [-0.1, -0.05) is 36.4 Å². The molecule has 0 aliphatic carbocycles. The molecule has 156 valence electrons. The van der Waals surface area contributed by atoms with Gasteiger partial charge in [-0.3, -0.25) is 9.78 Å². The minimum atomic E-state index is -1.47. The van der Waals surface area contributed by atoms with E-state index in [1.807, 2.05) is 55.5 Å². The highest BCUT2D eigenvalue weighted by Crippen LogP contribution is 2.56. The van der Waals surface area contributed by atoms with Gasteiger partial charge in [0.15, 0.2) is 5.75 Å². The van der Waals surface area contributed by atoms with Crippen LogP contribution in [0.5, 0.6) is 5.75 Å². The lowest BCUT2D eigenvalue weighted by molar-refractivity contribution is -0.140. The summed E-state index contributed by atoms with van der Waals surface area (Å²) >= 11 is 0. The van der Waals surface area contributed by atoms with E-state index < -0.39 is 11.4 Å². The van der Waals surface area contributed by atoms with Crippen LogP contribution in [0.2, 0.25) is 0 Å². The van der Waals surface area contributed by atoms with Crippen molar-refractivity contribution in [3.05, 3.63) is 77.3 Å². The fourth-order valence-corrected chi connectivity index (χ4v) is 4.72. The SMILES string of the molecule is CCOC(=O)C1=C(N)Oc2c(ccc3cccnc23)[C@]12C(=O)N(CC)c1ccccc12. The van der Waals surface area contributed by atoms with Gasteiger partial charge in [0.1, 0.15) is 16.5 Å². The van der Waals surface area contributed by atoms with Gasteiger partial charge >= 0.3 is 5.97 Å². The Morgan fingerprint density at radius 2 is 1.94 bits per heavy atom. The molecule has 1 atom stereocenters. The van der Waals surface area contributed by atoms with Gasteiger partial charge in [-0.15, -0.1) is 0 Å². The Kier molecular flexibility index (Phi) is 4.22. The molecule has 3 heterocycles. The fourth-order valence-electron chi connectivity index (χ4n) is 4.72. The van der Waals surface area contributed by atoms with Crippen LogP contribution >= 0.6 is 0 Å². The van der Waals surface area contributed by atoms with Crippen molar-refractivity contribution in [2.75, 3.05) is 18.1 Å². The van der Waals surface area contributed by atoms with Crippen molar-refractivity contribution in [1.29, 1.82) is 0 Å². The fraction of sp³-hybridized carbons (Fsp3) is 0.208. The van der Waals surface area contributed by atoms with Crippen molar-refractivity contribution in [3.63, 3.8) is 0 Å². The molecule has 1 amide bonds. The zero-order chi connectivity index (χ0) is 21.8. The van der Waals surface area contributed by atoms with Gasteiger partial charge in [-0.25, -0.2) is 4.79 Å². The number of hydrogen-bond acceptors (Lipinski definition) is 6. The Balaban J connectivity index is 1.93. The molecule has 1 aromatic heterocycles. The van der Waals surface area contributed by atoms with Crippen LogP contribution in [-0.2, 0) is 19.7 Å². The van der Waals surface area contributed by atoms with Crippen LogP contribution in [0.3, 0.4) is 0 Å². The zero-order valence-electron chi connectivity index (χ0n) is 17.2. The number of hydrogen-bond donors (Lipinski definition) is 1. The average Bonchev–Trinajstić information content (AvgIpc) is 3.02. The van der Waals surface area contributed by atoms with Gasteiger partial charge in [0.05, 0.1) is 6.61 Å². The summed E-state index contributed by atoms with van der Waals surface area (Å²) in [4.78, 5) is 33.4. The highest BCUT2D eigenvalue weighted by molar-refractivity contribution is 6.19. The minimum absolute atomic E-state index is 0.00512. The Morgan fingerprint density at radius 3 is 2.71 bits per heavy atom. The van der Waals surface area contributed by atoms with E-state index in [9.17, 15) is 9.59 Å². The molecule has 0 unspecified atom stereocenters. The number of para-hydroxylation sites is 1. The van der Waals surface area contributed by atoms with Gasteiger partial charge in [-0.2, -0.15) is 0 Å².